The summed E-state index contributed by atoms with van der Waals surface area (Å²) in [6.45, 7) is 7.39. The second-order valence-corrected chi connectivity index (χ2v) is 11.2. The molecule has 2 heteroatoms. The van der Waals surface area contributed by atoms with Crippen LogP contribution >= 0.6 is 0 Å². The van der Waals surface area contributed by atoms with E-state index in [0.29, 0.717) is 6.61 Å². The van der Waals surface area contributed by atoms with Crippen LogP contribution in [-0.2, 0) is 4.43 Å². The summed E-state index contributed by atoms with van der Waals surface area (Å²) in [7, 11) is -2.43. The van der Waals surface area contributed by atoms with E-state index in [4.69, 9.17) is 10.8 Å². The standard InChI is InChI=1S/C23H26OSi/c1-5-6-7-8-15-20-24-25(23(2,3)4,21-16-11-9-12-17-21)22-18-13-10-14-19-22/h1,6-19H,20H2,2-4H3/b7-6-,15-8+. The molecule has 0 aliphatic rings. The minimum atomic E-state index is -2.43. The van der Waals surface area contributed by atoms with Gasteiger partial charge in [0.05, 0.1) is 6.61 Å². The highest BCUT2D eigenvalue weighted by Gasteiger charge is 2.49. The molecule has 0 fully saturated rings. The normalized spacial score (nSPS) is 12.6. The first-order valence-electron chi connectivity index (χ1n) is 8.55. The molecule has 0 heterocycles. The van der Waals surface area contributed by atoms with Gasteiger partial charge in [-0.1, -0.05) is 106 Å². The molecule has 2 aromatic rings. The van der Waals surface area contributed by atoms with Crippen LogP contribution in [0.25, 0.3) is 0 Å². The van der Waals surface area contributed by atoms with E-state index in [9.17, 15) is 0 Å². The lowest BCUT2D eigenvalue weighted by Crippen LogP contribution is -2.66. The van der Waals surface area contributed by atoms with Gasteiger partial charge in [0.25, 0.3) is 8.32 Å². The third-order valence-electron chi connectivity index (χ3n) is 4.25. The second kappa shape index (κ2) is 8.67. The van der Waals surface area contributed by atoms with E-state index in [1.54, 1.807) is 6.08 Å². The summed E-state index contributed by atoms with van der Waals surface area (Å²) in [6.07, 6.45) is 12.7. The van der Waals surface area contributed by atoms with Crippen LogP contribution in [-0.4, -0.2) is 14.9 Å². The van der Waals surface area contributed by atoms with Gasteiger partial charge in [0, 0.05) is 0 Å². The molecular weight excluding hydrogens is 320 g/mol. The van der Waals surface area contributed by atoms with E-state index in [2.05, 4.69) is 87.4 Å². The lowest BCUT2D eigenvalue weighted by molar-refractivity contribution is 0.339. The second-order valence-electron chi connectivity index (χ2n) is 6.93. The maximum absolute atomic E-state index is 6.71. The average Bonchev–Trinajstić information content (AvgIpc) is 2.62. The Balaban J connectivity index is 2.48. The lowest BCUT2D eigenvalue weighted by Gasteiger charge is -2.42. The maximum Gasteiger partial charge on any atom is 0.261 e. The van der Waals surface area contributed by atoms with Gasteiger partial charge in [0.2, 0.25) is 0 Å². The Morgan fingerprint density at radius 1 is 0.920 bits per heavy atom. The van der Waals surface area contributed by atoms with Crippen molar-refractivity contribution in [1.29, 1.82) is 0 Å². The van der Waals surface area contributed by atoms with E-state index >= 15 is 0 Å². The van der Waals surface area contributed by atoms with Gasteiger partial charge < -0.3 is 4.43 Å². The first-order chi connectivity index (χ1) is 12.0. The molecule has 0 atom stereocenters. The van der Waals surface area contributed by atoms with Crippen molar-refractivity contribution in [1.82, 2.24) is 0 Å². The number of hydrogen-bond acceptors (Lipinski definition) is 1. The van der Waals surface area contributed by atoms with Crippen molar-refractivity contribution in [3.63, 3.8) is 0 Å². The van der Waals surface area contributed by atoms with E-state index in [0.717, 1.165) is 0 Å². The van der Waals surface area contributed by atoms with Crippen LogP contribution in [0.4, 0.5) is 0 Å². The van der Waals surface area contributed by atoms with Crippen molar-refractivity contribution >= 4 is 18.7 Å². The number of rotatable bonds is 6. The summed E-state index contributed by atoms with van der Waals surface area (Å²) in [4.78, 5) is 0. The Morgan fingerprint density at radius 2 is 1.44 bits per heavy atom. The highest BCUT2D eigenvalue weighted by atomic mass is 28.4. The van der Waals surface area contributed by atoms with Crippen LogP contribution in [0.15, 0.2) is 85.0 Å². The minimum Gasteiger partial charge on any atom is -0.404 e. The largest absolute Gasteiger partial charge is 0.404 e. The van der Waals surface area contributed by atoms with Gasteiger partial charge in [0.1, 0.15) is 0 Å². The fourth-order valence-corrected chi connectivity index (χ4v) is 7.68. The first kappa shape index (κ1) is 19.0. The van der Waals surface area contributed by atoms with Gasteiger partial charge in [-0.15, -0.1) is 6.42 Å². The predicted molar refractivity (Wildman–Crippen MR) is 111 cm³/mol. The third kappa shape index (κ3) is 4.39. The summed E-state index contributed by atoms with van der Waals surface area (Å²) in [6, 6.07) is 21.3. The molecule has 0 saturated heterocycles. The van der Waals surface area contributed by atoms with E-state index in [-0.39, 0.29) is 5.04 Å². The maximum atomic E-state index is 6.71. The predicted octanol–water partition coefficient (Wildman–Crippen LogP) is 4.31. The van der Waals surface area contributed by atoms with Crippen molar-refractivity contribution in [3.8, 4) is 12.3 Å². The van der Waals surface area contributed by atoms with Gasteiger partial charge in [-0.05, 0) is 21.5 Å². The van der Waals surface area contributed by atoms with Crippen molar-refractivity contribution in [2.75, 3.05) is 6.61 Å². The van der Waals surface area contributed by atoms with Crippen LogP contribution in [0, 0.1) is 12.3 Å². The Bertz CT molecular complexity index is 707. The average molecular weight is 347 g/mol. The van der Waals surface area contributed by atoms with Gasteiger partial charge in [-0.3, -0.25) is 0 Å². The molecule has 0 amide bonds. The molecule has 1 nitrogen and oxygen atoms in total. The molecule has 2 rings (SSSR count). The highest BCUT2D eigenvalue weighted by molar-refractivity contribution is 6.99. The molecule has 0 saturated carbocycles. The molecule has 0 N–H and O–H groups in total. The SMILES string of the molecule is C#C/C=C\C=C\CO[Si](c1ccccc1)(c1ccccc1)C(C)(C)C. The topological polar surface area (TPSA) is 9.23 Å². The van der Waals surface area contributed by atoms with Crippen LogP contribution < -0.4 is 10.4 Å². The summed E-state index contributed by atoms with van der Waals surface area (Å²) >= 11 is 0. The van der Waals surface area contributed by atoms with Crippen molar-refractivity contribution in [2.24, 2.45) is 0 Å². The summed E-state index contributed by atoms with van der Waals surface area (Å²) < 4.78 is 6.71. The van der Waals surface area contributed by atoms with Gasteiger partial charge >= 0.3 is 0 Å². The number of hydrogen-bond donors (Lipinski definition) is 0. The first-order valence-corrected chi connectivity index (χ1v) is 10.5. The highest BCUT2D eigenvalue weighted by Crippen LogP contribution is 2.36. The number of benzene rings is 2. The molecule has 0 aliphatic heterocycles. The van der Waals surface area contributed by atoms with Crippen molar-refractivity contribution in [2.45, 2.75) is 25.8 Å². The molecule has 0 radical (unpaired) electrons. The summed E-state index contributed by atoms with van der Waals surface area (Å²) in [5.41, 5.74) is 0. The molecule has 0 bridgehead atoms. The van der Waals surface area contributed by atoms with E-state index < -0.39 is 8.32 Å². The van der Waals surface area contributed by atoms with Crippen LogP contribution in [0.3, 0.4) is 0 Å². The third-order valence-corrected chi connectivity index (χ3v) is 9.26. The molecule has 0 unspecified atom stereocenters. The van der Waals surface area contributed by atoms with Crippen molar-refractivity contribution < 1.29 is 4.43 Å². The zero-order chi connectivity index (χ0) is 18.2. The quantitative estimate of drug-likeness (QED) is 0.430. The molecule has 128 valence electrons. The number of allylic oxidation sites excluding steroid dienone is 3. The Labute approximate surface area is 153 Å². The van der Waals surface area contributed by atoms with E-state index in [1.807, 2.05) is 18.2 Å². The Hall–Kier alpha value is -2.34. The van der Waals surface area contributed by atoms with Gasteiger partial charge in [-0.2, -0.15) is 0 Å². The van der Waals surface area contributed by atoms with Crippen LogP contribution in [0.5, 0.6) is 0 Å². The molecule has 0 aromatic heterocycles. The molecular formula is C23H26OSi. The Morgan fingerprint density at radius 3 is 1.88 bits per heavy atom. The van der Waals surface area contributed by atoms with E-state index in [1.165, 1.54) is 10.4 Å². The van der Waals surface area contributed by atoms with Gasteiger partial charge in [0.15, 0.2) is 0 Å². The zero-order valence-electron chi connectivity index (χ0n) is 15.3. The minimum absolute atomic E-state index is 0.00179. The number of terminal acetylenes is 1. The summed E-state index contributed by atoms with van der Waals surface area (Å²) in [5.74, 6) is 2.49. The summed E-state index contributed by atoms with van der Waals surface area (Å²) in [5, 5.41) is 2.58. The fourth-order valence-electron chi connectivity index (χ4n) is 3.18. The monoisotopic (exact) mass is 346 g/mol. The molecule has 25 heavy (non-hydrogen) atoms. The zero-order valence-corrected chi connectivity index (χ0v) is 16.3. The lowest BCUT2D eigenvalue weighted by atomic mass is 10.2. The van der Waals surface area contributed by atoms with Gasteiger partial charge in [-0.25, -0.2) is 0 Å². The molecule has 0 spiro atoms. The smallest absolute Gasteiger partial charge is 0.261 e. The van der Waals surface area contributed by atoms with Crippen LogP contribution in [0.1, 0.15) is 20.8 Å². The van der Waals surface area contributed by atoms with Crippen LogP contribution in [0.2, 0.25) is 5.04 Å². The molecule has 2 aromatic carbocycles. The fraction of sp³-hybridized carbons (Fsp3) is 0.217. The molecule has 0 aliphatic carbocycles. The Kier molecular flexibility index (Phi) is 6.58. The van der Waals surface area contributed by atoms with Crippen molar-refractivity contribution in [3.05, 3.63) is 85.0 Å².